The first-order chi connectivity index (χ1) is 11.6. The standard InChI is InChI=1S/C17H22FN5O/c1-13-4-6-15(7-5-13)12-20-22-17(19-3)21-16(14(2)18)23-8-10-24-11-9-23/h4-7,12H,3,8-11H2,1-2H3,(H,21,22)/b16-14-,20-12+. The van der Waals surface area contributed by atoms with Crippen molar-refractivity contribution in [3.63, 3.8) is 0 Å². The number of guanidine groups is 1. The number of hydrogen-bond acceptors (Lipinski definition) is 4. The zero-order chi connectivity index (χ0) is 17.4. The third-order valence-corrected chi connectivity index (χ3v) is 3.44. The van der Waals surface area contributed by atoms with Gasteiger partial charge in [0.15, 0.2) is 5.82 Å². The number of halogens is 1. The molecule has 0 radical (unpaired) electrons. The van der Waals surface area contributed by atoms with E-state index in [0.717, 1.165) is 5.56 Å². The number of aryl methyl sites for hydroxylation is 1. The molecule has 1 aromatic rings. The molecule has 2 rings (SSSR count). The smallest absolute Gasteiger partial charge is 0.244 e. The third kappa shape index (κ3) is 5.27. The van der Waals surface area contributed by atoms with Crippen LogP contribution in [-0.4, -0.2) is 50.1 Å². The van der Waals surface area contributed by atoms with Crippen molar-refractivity contribution in [1.82, 2.24) is 10.3 Å². The molecule has 24 heavy (non-hydrogen) atoms. The molecule has 1 N–H and O–H groups in total. The number of nitrogens with one attached hydrogen (secondary N) is 1. The van der Waals surface area contributed by atoms with Crippen LogP contribution in [0.5, 0.6) is 0 Å². The Bertz CT molecular complexity index is 641. The number of hydrogen-bond donors (Lipinski definition) is 1. The predicted octanol–water partition coefficient (Wildman–Crippen LogP) is 2.47. The van der Waals surface area contributed by atoms with Crippen molar-refractivity contribution in [2.45, 2.75) is 13.8 Å². The molecule has 1 heterocycles. The molecule has 0 spiro atoms. The number of morpholine rings is 1. The first-order valence-corrected chi connectivity index (χ1v) is 7.70. The molecule has 0 aliphatic carbocycles. The molecule has 128 valence electrons. The molecule has 1 aliphatic rings. The molecular formula is C17H22FN5O. The van der Waals surface area contributed by atoms with Gasteiger partial charge in [-0.2, -0.15) is 10.1 Å². The Morgan fingerprint density at radius 1 is 1.29 bits per heavy atom. The topological polar surface area (TPSA) is 61.6 Å². The first kappa shape index (κ1) is 17.8. The van der Waals surface area contributed by atoms with Gasteiger partial charge in [-0.15, -0.1) is 0 Å². The van der Waals surface area contributed by atoms with Crippen molar-refractivity contribution in [3.8, 4) is 0 Å². The summed E-state index contributed by atoms with van der Waals surface area (Å²) >= 11 is 0. The minimum Gasteiger partial charge on any atom is -0.378 e. The largest absolute Gasteiger partial charge is 0.378 e. The molecule has 0 unspecified atom stereocenters. The molecule has 0 aromatic heterocycles. The number of allylic oxidation sites excluding steroid dienone is 1. The Kier molecular flexibility index (Phi) is 6.62. The van der Waals surface area contributed by atoms with E-state index in [4.69, 9.17) is 4.74 Å². The lowest BCUT2D eigenvalue weighted by molar-refractivity contribution is 0.0518. The van der Waals surface area contributed by atoms with Gasteiger partial charge in [0, 0.05) is 13.1 Å². The van der Waals surface area contributed by atoms with Gasteiger partial charge in [0.25, 0.3) is 0 Å². The van der Waals surface area contributed by atoms with Gasteiger partial charge in [0.05, 0.1) is 19.4 Å². The van der Waals surface area contributed by atoms with Gasteiger partial charge in [0.1, 0.15) is 5.83 Å². The van der Waals surface area contributed by atoms with Crippen molar-refractivity contribution in [3.05, 3.63) is 47.0 Å². The maximum absolute atomic E-state index is 13.8. The van der Waals surface area contributed by atoms with Crippen molar-refractivity contribution in [2.75, 3.05) is 26.3 Å². The minimum atomic E-state index is -0.387. The van der Waals surface area contributed by atoms with Crippen LogP contribution in [0.3, 0.4) is 0 Å². The van der Waals surface area contributed by atoms with Crippen LogP contribution in [-0.2, 0) is 4.74 Å². The Labute approximate surface area is 141 Å². The first-order valence-electron chi connectivity index (χ1n) is 7.70. The van der Waals surface area contributed by atoms with Gasteiger partial charge in [-0.1, -0.05) is 29.8 Å². The lowest BCUT2D eigenvalue weighted by Gasteiger charge is -2.28. The van der Waals surface area contributed by atoms with Gasteiger partial charge in [-0.3, -0.25) is 0 Å². The summed E-state index contributed by atoms with van der Waals surface area (Å²) < 4.78 is 19.1. The van der Waals surface area contributed by atoms with Crippen molar-refractivity contribution in [1.29, 1.82) is 0 Å². The second-order valence-electron chi connectivity index (χ2n) is 5.33. The van der Waals surface area contributed by atoms with E-state index in [-0.39, 0.29) is 17.6 Å². The fourth-order valence-electron chi connectivity index (χ4n) is 2.15. The molecule has 0 amide bonds. The van der Waals surface area contributed by atoms with E-state index in [2.05, 4.69) is 27.2 Å². The summed E-state index contributed by atoms with van der Waals surface area (Å²) in [6, 6.07) is 7.88. The highest BCUT2D eigenvalue weighted by atomic mass is 19.1. The van der Waals surface area contributed by atoms with Crippen LogP contribution >= 0.6 is 0 Å². The van der Waals surface area contributed by atoms with Crippen LogP contribution < -0.4 is 5.43 Å². The normalized spacial score (nSPS) is 17.0. The van der Waals surface area contributed by atoms with E-state index in [1.165, 1.54) is 12.5 Å². The minimum absolute atomic E-state index is 0.136. The Balaban J connectivity index is 2.07. The highest BCUT2D eigenvalue weighted by molar-refractivity contribution is 5.87. The van der Waals surface area contributed by atoms with E-state index in [1.54, 1.807) is 6.21 Å². The Hall–Kier alpha value is -2.54. The van der Waals surface area contributed by atoms with E-state index in [0.29, 0.717) is 26.3 Å². The molecule has 1 fully saturated rings. The second kappa shape index (κ2) is 8.93. The maximum atomic E-state index is 13.8. The molecule has 0 atom stereocenters. The van der Waals surface area contributed by atoms with Crippen LogP contribution in [0.4, 0.5) is 4.39 Å². The molecule has 6 nitrogen and oxygen atoms in total. The van der Waals surface area contributed by atoms with Gasteiger partial charge in [0.2, 0.25) is 5.96 Å². The summed E-state index contributed by atoms with van der Waals surface area (Å²) in [6.45, 7) is 9.08. The van der Waals surface area contributed by atoms with Gasteiger partial charge < -0.3 is 9.64 Å². The van der Waals surface area contributed by atoms with Gasteiger partial charge in [-0.25, -0.2) is 14.8 Å². The Morgan fingerprint density at radius 2 is 1.96 bits per heavy atom. The highest BCUT2D eigenvalue weighted by Gasteiger charge is 2.16. The van der Waals surface area contributed by atoms with Crippen molar-refractivity contribution in [2.24, 2.45) is 15.1 Å². The van der Waals surface area contributed by atoms with Gasteiger partial charge in [-0.05, 0) is 26.1 Å². The maximum Gasteiger partial charge on any atom is 0.244 e. The SMILES string of the molecule is C=N/C(=N\C(=C(/C)F)N1CCOCC1)N/N=C/c1ccc(C)cc1. The fraction of sp³-hybridized carbons (Fsp3) is 0.353. The number of ether oxygens (including phenoxy) is 1. The summed E-state index contributed by atoms with van der Waals surface area (Å²) in [5.74, 6) is -0.0297. The van der Waals surface area contributed by atoms with E-state index in [9.17, 15) is 4.39 Å². The number of nitrogens with zero attached hydrogens (tertiary/aromatic N) is 4. The Morgan fingerprint density at radius 3 is 2.54 bits per heavy atom. The lowest BCUT2D eigenvalue weighted by atomic mass is 10.2. The molecule has 1 saturated heterocycles. The molecule has 1 aromatic carbocycles. The monoisotopic (exact) mass is 331 g/mol. The number of rotatable bonds is 4. The zero-order valence-corrected chi connectivity index (χ0v) is 14.0. The van der Waals surface area contributed by atoms with Gasteiger partial charge >= 0.3 is 0 Å². The summed E-state index contributed by atoms with van der Waals surface area (Å²) in [4.78, 5) is 9.78. The third-order valence-electron chi connectivity index (χ3n) is 3.44. The van der Waals surface area contributed by atoms with Crippen LogP contribution in [0.15, 0.2) is 51.0 Å². The average molecular weight is 331 g/mol. The van der Waals surface area contributed by atoms with Crippen LogP contribution in [0, 0.1) is 6.92 Å². The van der Waals surface area contributed by atoms with E-state index >= 15 is 0 Å². The molecule has 0 bridgehead atoms. The number of aliphatic imine (C=N–C) groups is 2. The van der Waals surface area contributed by atoms with Crippen LogP contribution in [0.1, 0.15) is 18.1 Å². The molecular weight excluding hydrogens is 309 g/mol. The zero-order valence-electron chi connectivity index (χ0n) is 14.0. The summed E-state index contributed by atoms with van der Waals surface area (Å²) in [6.07, 6.45) is 1.64. The van der Waals surface area contributed by atoms with Crippen LogP contribution in [0.2, 0.25) is 0 Å². The highest BCUT2D eigenvalue weighted by Crippen LogP contribution is 2.15. The second-order valence-corrected chi connectivity index (χ2v) is 5.33. The van der Waals surface area contributed by atoms with Crippen LogP contribution in [0.25, 0.3) is 0 Å². The summed E-state index contributed by atoms with van der Waals surface area (Å²) in [5.41, 5.74) is 4.80. The molecule has 7 heteroatoms. The predicted molar refractivity (Wildman–Crippen MR) is 95.1 cm³/mol. The lowest BCUT2D eigenvalue weighted by Crippen LogP contribution is -2.36. The van der Waals surface area contributed by atoms with E-state index in [1.807, 2.05) is 36.1 Å². The molecule has 0 saturated carbocycles. The van der Waals surface area contributed by atoms with Crippen molar-refractivity contribution >= 4 is 18.9 Å². The fourth-order valence-corrected chi connectivity index (χ4v) is 2.15. The van der Waals surface area contributed by atoms with Crippen molar-refractivity contribution < 1.29 is 9.13 Å². The summed E-state index contributed by atoms with van der Waals surface area (Å²) in [7, 11) is 0. The number of hydrazone groups is 1. The van der Waals surface area contributed by atoms with E-state index < -0.39 is 0 Å². The quantitative estimate of drug-likeness (QED) is 0.524. The number of benzene rings is 1. The molecule has 1 aliphatic heterocycles. The summed E-state index contributed by atoms with van der Waals surface area (Å²) in [5, 5.41) is 4.07. The average Bonchev–Trinajstić information content (AvgIpc) is 2.60.